The standard InChI is InChI=1S/C14H23IO/c15-11-6-13(16)12-4-9-14(10-5-12)7-2-1-3-8-14/h6,11-13,16H,1-5,7-10H2/b11-6+. The lowest BCUT2D eigenvalue weighted by Gasteiger charge is -2.43. The minimum atomic E-state index is -0.196. The summed E-state index contributed by atoms with van der Waals surface area (Å²) in [5.41, 5.74) is 0.683. The third-order valence-electron chi connectivity index (χ3n) is 4.76. The molecule has 1 unspecified atom stereocenters. The molecule has 0 amide bonds. The van der Waals surface area contributed by atoms with E-state index in [9.17, 15) is 5.11 Å². The predicted molar refractivity (Wildman–Crippen MR) is 76.6 cm³/mol. The molecule has 0 aliphatic heterocycles. The molecule has 0 aromatic heterocycles. The van der Waals surface area contributed by atoms with Crippen LogP contribution < -0.4 is 0 Å². The Morgan fingerprint density at radius 2 is 1.69 bits per heavy atom. The number of aliphatic hydroxyl groups excluding tert-OH is 1. The lowest BCUT2D eigenvalue weighted by Crippen LogP contribution is -2.33. The molecular weight excluding hydrogens is 311 g/mol. The zero-order valence-corrected chi connectivity index (χ0v) is 12.2. The lowest BCUT2D eigenvalue weighted by molar-refractivity contribution is 0.0500. The van der Waals surface area contributed by atoms with Gasteiger partial charge in [-0.3, -0.25) is 0 Å². The predicted octanol–water partition coefficient (Wildman–Crippen LogP) is 4.44. The van der Waals surface area contributed by atoms with Gasteiger partial charge in [-0.1, -0.05) is 41.9 Å². The SMILES string of the molecule is OC(/C=C/I)C1CCC2(CCCCC2)CC1. The number of halogens is 1. The second kappa shape index (κ2) is 5.85. The molecule has 2 aliphatic carbocycles. The van der Waals surface area contributed by atoms with Crippen molar-refractivity contribution in [3.05, 3.63) is 10.2 Å². The summed E-state index contributed by atoms with van der Waals surface area (Å²) in [6.45, 7) is 0. The molecule has 1 N–H and O–H groups in total. The number of hydrogen-bond donors (Lipinski definition) is 1. The average molecular weight is 334 g/mol. The maximum atomic E-state index is 9.97. The summed E-state index contributed by atoms with van der Waals surface area (Å²) in [4.78, 5) is 0. The fraction of sp³-hybridized carbons (Fsp3) is 0.857. The normalized spacial score (nSPS) is 28.6. The average Bonchev–Trinajstić information content (AvgIpc) is 2.31. The maximum absolute atomic E-state index is 9.97. The molecule has 2 aliphatic rings. The Morgan fingerprint density at radius 3 is 2.25 bits per heavy atom. The molecule has 0 aromatic carbocycles. The van der Waals surface area contributed by atoms with E-state index < -0.39 is 0 Å². The van der Waals surface area contributed by atoms with E-state index in [4.69, 9.17) is 0 Å². The van der Waals surface area contributed by atoms with E-state index in [1.54, 1.807) is 0 Å². The Balaban J connectivity index is 1.86. The van der Waals surface area contributed by atoms with Crippen LogP contribution in [-0.2, 0) is 0 Å². The smallest absolute Gasteiger partial charge is 0.0756 e. The van der Waals surface area contributed by atoms with Gasteiger partial charge in [-0.2, -0.15) is 0 Å². The van der Waals surface area contributed by atoms with Crippen LogP contribution in [0.4, 0.5) is 0 Å². The molecule has 92 valence electrons. The van der Waals surface area contributed by atoms with Crippen molar-refractivity contribution in [1.29, 1.82) is 0 Å². The third-order valence-corrected chi connectivity index (χ3v) is 5.17. The molecule has 1 nitrogen and oxygen atoms in total. The Morgan fingerprint density at radius 1 is 1.06 bits per heavy atom. The van der Waals surface area contributed by atoms with Gasteiger partial charge >= 0.3 is 0 Å². The highest BCUT2D eigenvalue weighted by Gasteiger charge is 2.37. The highest BCUT2D eigenvalue weighted by molar-refractivity contribution is 14.1. The van der Waals surface area contributed by atoms with Crippen molar-refractivity contribution in [2.45, 2.75) is 63.9 Å². The second-order valence-electron chi connectivity index (χ2n) is 5.71. The van der Waals surface area contributed by atoms with Gasteiger partial charge in [0.05, 0.1) is 6.10 Å². The van der Waals surface area contributed by atoms with Gasteiger partial charge in [-0.25, -0.2) is 0 Å². The van der Waals surface area contributed by atoms with Gasteiger partial charge in [0, 0.05) is 0 Å². The van der Waals surface area contributed by atoms with E-state index in [1.807, 2.05) is 10.2 Å². The van der Waals surface area contributed by atoms with Crippen LogP contribution >= 0.6 is 22.6 Å². The quantitative estimate of drug-likeness (QED) is 0.741. The molecule has 0 bridgehead atoms. The molecule has 0 radical (unpaired) electrons. The molecule has 1 spiro atoms. The van der Waals surface area contributed by atoms with Gasteiger partial charge in [-0.15, -0.1) is 0 Å². The molecule has 0 saturated heterocycles. The number of aliphatic hydroxyl groups is 1. The van der Waals surface area contributed by atoms with Crippen LogP contribution in [0.15, 0.2) is 10.2 Å². The molecule has 0 heterocycles. The summed E-state index contributed by atoms with van der Waals surface area (Å²) in [5.74, 6) is 0.526. The second-order valence-corrected chi connectivity index (χ2v) is 6.43. The van der Waals surface area contributed by atoms with E-state index in [0.29, 0.717) is 11.3 Å². The van der Waals surface area contributed by atoms with Crippen molar-refractivity contribution in [1.82, 2.24) is 0 Å². The van der Waals surface area contributed by atoms with Crippen molar-refractivity contribution in [2.75, 3.05) is 0 Å². The largest absolute Gasteiger partial charge is 0.389 e. The minimum Gasteiger partial charge on any atom is -0.389 e. The topological polar surface area (TPSA) is 20.2 Å². The summed E-state index contributed by atoms with van der Waals surface area (Å²) in [6, 6.07) is 0. The van der Waals surface area contributed by atoms with Crippen molar-refractivity contribution >= 4 is 22.6 Å². The summed E-state index contributed by atoms with van der Waals surface area (Å²) >= 11 is 2.19. The monoisotopic (exact) mass is 334 g/mol. The van der Waals surface area contributed by atoms with Gasteiger partial charge < -0.3 is 5.11 Å². The number of hydrogen-bond acceptors (Lipinski definition) is 1. The molecule has 1 atom stereocenters. The first-order chi connectivity index (χ1) is 7.76. The van der Waals surface area contributed by atoms with E-state index in [1.165, 1.54) is 57.8 Å². The number of rotatable bonds is 2. The van der Waals surface area contributed by atoms with E-state index in [-0.39, 0.29) is 6.10 Å². The highest BCUT2D eigenvalue weighted by Crippen LogP contribution is 2.49. The van der Waals surface area contributed by atoms with Gasteiger partial charge in [0.1, 0.15) is 0 Å². The fourth-order valence-electron chi connectivity index (χ4n) is 3.63. The molecular formula is C14H23IO. The van der Waals surface area contributed by atoms with Crippen LogP contribution in [0.3, 0.4) is 0 Å². The van der Waals surface area contributed by atoms with Gasteiger partial charge in [-0.05, 0) is 60.0 Å². The first-order valence-electron chi connectivity index (χ1n) is 6.71. The minimum absolute atomic E-state index is 0.196. The van der Waals surface area contributed by atoms with Gasteiger partial charge in [0.15, 0.2) is 0 Å². The van der Waals surface area contributed by atoms with Crippen LogP contribution in [0.2, 0.25) is 0 Å². The Hall–Kier alpha value is 0.430. The third kappa shape index (κ3) is 3.00. The fourth-order valence-corrected chi connectivity index (χ4v) is 4.05. The van der Waals surface area contributed by atoms with Crippen molar-refractivity contribution in [3.63, 3.8) is 0 Å². The summed E-state index contributed by atoms with van der Waals surface area (Å²) < 4.78 is 1.95. The van der Waals surface area contributed by atoms with Crippen LogP contribution in [-0.4, -0.2) is 11.2 Å². The van der Waals surface area contributed by atoms with Gasteiger partial charge in [0.25, 0.3) is 0 Å². The lowest BCUT2D eigenvalue weighted by atomic mass is 9.62. The van der Waals surface area contributed by atoms with Crippen LogP contribution in [0.1, 0.15) is 57.8 Å². The molecule has 2 rings (SSSR count). The van der Waals surface area contributed by atoms with Crippen LogP contribution in [0, 0.1) is 11.3 Å². The molecule has 0 aromatic rings. The Bertz CT molecular complexity index is 233. The first kappa shape index (κ1) is 12.9. The molecule has 2 heteroatoms. The van der Waals surface area contributed by atoms with E-state index in [2.05, 4.69) is 22.6 Å². The molecule has 16 heavy (non-hydrogen) atoms. The van der Waals surface area contributed by atoms with Gasteiger partial charge in [0.2, 0.25) is 0 Å². The zero-order chi connectivity index (χ0) is 11.4. The first-order valence-corrected chi connectivity index (χ1v) is 7.95. The zero-order valence-electron chi connectivity index (χ0n) is 10.00. The van der Waals surface area contributed by atoms with E-state index in [0.717, 1.165) is 0 Å². The Labute approximate surface area is 113 Å². The van der Waals surface area contributed by atoms with Crippen molar-refractivity contribution < 1.29 is 5.11 Å². The van der Waals surface area contributed by atoms with Crippen molar-refractivity contribution in [3.8, 4) is 0 Å². The van der Waals surface area contributed by atoms with E-state index >= 15 is 0 Å². The van der Waals surface area contributed by atoms with Crippen molar-refractivity contribution in [2.24, 2.45) is 11.3 Å². The maximum Gasteiger partial charge on any atom is 0.0756 e. The highest BCUT2D eigenvalue weighted by atomic mass is 127. The summed E-state index contributed by atoms with van der Waals surface area (Å²) in [7, 11) is 0. The molecule has 2 saturated carbocycles. The van der Waals surface area contributed by atoms with Crippen LogP contribution in [0.25, 0.3) is 0 Å². The summed E-state index contributed by atoms with van der Waals surface area (Å²) in [5, 5.41) is 9.97. The Kier molecular flexibility index (Phi) is 4.71. The summed E-state index contributed by atoms with van der Waals surface area (Å²) in [6.07, 6.45) is 14.2. The molecule has 2 fully saturated rings. The van der Waals surface area contributed by atoms with Crippen LogP contribution in [0.5, 0.6) is 0 Å².